The zero-order valence-corrected chi connectivity index (χ0v) is 11.1. The number of benzene rings is 1. The van der Waals surface area contributed by atoms with Gasteiger partial charge >= 0.3 is 0 Å². The van der Waals surface area contributed by atoms with Crippen LogP contribution in [-0.4, -0.2) is 5.60 Å². The predicted octanol–water partition coefficient (Wildman–Crippen LogP) is 3.66. The SMILES string of the molecule is CC(C)(C)Oc1ccc([C@H](N)CC2CC2)cc1. The van der Waals surface area contributed by atoms with Gasteiger partial charge in [0.2, 0.25) is 0 Å². The van der Waals surface area contributed by atoms with Crippen LogP contribution < -0.4 is 10.5 Å². The monoisotopic (exact) mass is 233 g/mol. The lowest BCUT2D eigenvalue weighted by Crippen LogP contribution is -2.22. The highest BCUT2D eigenvalue weighted by molar-refractivity contribution is 5.29. The molecule has 1 aromatic rings. The maximum atomic E-state index is 6.17. The van der Waals surface area contributed by atoms with E-state index in [-0.39, 0.29) is 11.6 Å². The van der Waals surface area contributed by atoms with E-state index in [0.29, 0.717) is 0 Å². The summed E-state index contributed by atoms with van der Waals surface area (Å²) in [5.74, 6) is 1.79. The first-order chi connectivity index (χ1) is 7.94. The summed E-state index contributed by atoms with van der Waals surface area (Å²) in [6, 6.07) is 8.41. The van der Waals surface area contributed by atoms with Crippen molar-refractivity contribution < 1.29 is 4.74 Å². The summed E-state index contributed by atoms with van der Waals surface area (Å²) in [4.78, 5) is 0. The largest absolute Gasteiger partial charge is 0.488 e. The van der Waals surface area contributed by atoms with E-state index in [0.717, 1.165) is 18.1 Å². The van der Waals surface area contributed by atoms with Crippen molar-refractivity contribution >= 4 is 0 Å². The van der Waals surface area contributed by atoms with Crippen LogP contribution in [0.15, 0.2) is 24.3 Å². The van der Waals surface area contributed by atoms with E-state index in [9.17, 15) is 0 Å². The molecule has 0 aromatic heterocycles. The molecule has 2 heteroatoms. The van der Waals surface area contributed by atoms with Crippen LogP contribution in [0.1, 0.15) is 51.6 Å². The molecule has 0 spiro atoms. The van der Waals surface area contributed by atoms with Crippen molar-refractivity contribution in [2.24, 2.45) is 11.7 Å². The van der Waals surface area contributed by atoms with Crippen molar-refractivity contribution in [3.8, 4) is 5.75 Å². The maximum absolute atomic E-state index is 6.17. The molecule has 2 N–H and O–H groups in total. The van der Waals surface area contributed by atoms with Crippen molar-refractivity contribution in [2.45, 2.75) is 51.7 Å². The molecule has 0 aliphatic heterocycles. The zero-order valence-electron chi connectivity index (χ0n) is 11.1. The summed E-state index contributed by atoms with van der Waals surface area (Å²) in [5, 5.41) is 0. The molecule has 1 saturated carbocycles. The molecule has 2 nitrogen and oxygen atoms in total. The molecule has 1 aromatic carbocycles. The Morgan fingerprint density at radius 2 is 1.82 bits per heavy atom. The van der Waals surface area contributed by atoms with Crippen LogP contribution in [0.5, 0.6) is 5.75 Å². The minimum atomic E-state index is -0.141. The van der Waals surface area contributed by atoms with Gasteiger partial charge in [0.25, 0.3) is 0 Å². The lowest BCUT2D eigenvalue weighted by molar-refractivity contribution is 0.131. The van der Waals surface area contributed by atoms with Crippen molar-refractivity contribution in [3.05, 3.63) is 29.8 Å². The van der Waals surface area contributed by atoms with Crippen LogP contribution in [0.25, 0.3) is 0 Å². The number of nitrogens with two attached hydrogens (primary N) is 1. The van der Waals surface area contributed by atoms with Gasteiger partial charge in [-0.1, -0.05) is 25.0 Å². The molecule has 0 radical (unpaired) electrons. The Balaban J connectivity index is 1.96. The summed E-state index contributed by atoms with van der Waals surface area (Å²) < 4.78 is 5.79. The van der Waals surface area contributed by atoms with E-state index in [2.05, 4.69) is 32.9 Å². The first-order valence-corrected chi connectivity index (χ1v) is 6.48. The van der Waals surface area contributed by atoms with E-state index < -0.39 is 0 Å². The Morgan fingerprint density at radius 3 is 2.29 bits per heavy atom. The Labute approximate surface area is 104 Å². The second-order valence-electron chi connectivity index (χ2n) is 6.07. The first kappa shape index (κ1) is 12.4. The lowest BCUT2D eigenvalue weighted by Gasteiger charge is -2.21. The highest BCUT2D eigenvalue weighted by Gasteiger charge is 2.24. The van der Waals surface area contributed by atoms with Crippen molar-refractivity contribution in [1.82, 2.24) is 0 Å². The molecule has 0 unspecified atom stereocenters. The van der Waals surface area contributed by atoms with Gasteiger partial charge in [0.1, 0.15) is 11.4 Å². The molecule has 0 heterocycles. The van der Waals surface area contributed by atoms with Gasteiger partial charge in [-0.2, -0.15) is 0 Å². The predicted molar refractivity (Wildman–Crippen MR) is 71.1 cm³/mol. The normalized spacial score (nSPS) is 17.9. The second kappa shape index (κ2) is 4.69. The molecule has 94 valence electrons. The number of rotatable bonds is 4. The molecule has 1 aliphatic carbocycles. The summed E-state index contributed by atoms with van der Waals surface area (Å²) in [6.07, 6.45) is 3.84. The van der Waals surface area contributed by atoms with Crippen LogP contribution in [0.3, 0.4) is 0 Å². The van der Waals surface area contributed by atoms with E-state index in [1.807, 2.05) is 12.1 Å². The van der Waals surface area contributed by atoms with Crippen LogP contribution in [0.2, 0.25) is 0 Å². The smallest absolute Gasteiger partial charge is 0.120 e. The van der Waals surface area contributed by atoms with E-state index in [1.54, 1.807) is 0 Å². The highest BCUT2D eigenvalue weighted by atomic mass is 16.5. The summed E-state index contributed by atoms with van der Waals surface area (Å²) in [7, 11) is 0. The van der Waals surface area contributed by atoms with E-state index in [4.69, 9.17) is 10.5 Å². The minimum absolute atomic E-state index is 0.141. The summed E-state index contributed by atoms with van der Waals surface area (Å²) in [6.45, 7) is 6.17. The molecule has 1 fully saturated rings. The van der Waals surface area contributed by atoms with Crippen molar-refractivity contribution in [3.63, 3.8) is 0 Å². The second-order valence-corrected chi connectivity index (χ2v) is 6.07. The quantitative estimate of drug-likeness (QED) is 0.861. The Kier molecular flexibility index (Phi) is 3.43. The fourth-order valence-electron chi connectivity index (χ4n) is 1.99. The lowest BCUT2D eigenvalue weighted by atomic mass is 10.0. The topological polar surface area (TPSA) is 35.2 Å². The fraction of sp³-hybridized carbons (Fsp3) is 0.600. The van der Waals surface area contributed by atoms with Gasteiger partial charge in [-0.25, -0.2) is 0 Å². The van der Waals surface area contributed by atoms with Gasteiger partial charge in [0.15, 0.2) is 0 Å². The number of ether oxygens (including phenoxy) is 1. The average molecular weight is 233 g/mol. The average Bonchev–Trinajstić information content (AvgIpc) is 3.00. The first-order valence-electron chi connectivity index (χ1n) is 6.48. The molecule has 1 atom stereocenters. The summed E-state index contributed by atoms with van der Waals surface area (Å²) in [5.41, 5.74) is 7.25. The Hall–Kier alpha value is -1.02. The highest BCUT2D eigenvalue weighted by Crippen LogP contribution is 2.36. The standard InChI is InChI=1S/C15H23NO/c1-15(2,3)17-13-8-6-12(7-9-13)14(16)10-11-4-5-11/h6-9,11,14H,4-5,10,16H2,1-3H3/t14-/m1/s1. The molecule has 17 heavy (non-hydrogen) atoms. The molecule has 0 amide bonds. The van der Waals surface area contributed by atoms with Gasteiger partial charge in [0, 0.05) is 6.04 Å². The molecule has 2 rings (SSSR count). The fourth-order valence-corrected chi connectivity index (χ4v) is 1.99. The van der Waals surface area contributed by atoms with Crippen LogP contribution in [-0.2, 0) is 0 Å². The third-order valence-corrected chi connectivity index (χ3v) is 3.02. The van der Waals surface area contributed by atoms with Gasteiger partial charge in [-0.05, 0) is 50.8 Å². The van der Waals surface area contributed by atoms with Crippen molar-refractivity contribution in [2.75, 3.05) is 0 Å². The van der Waals surface area contributed by atoms with Gasteiger partial charge in [0.05, 0.1) is 0 Å². The van der Waals surface area contributed by atoms with Gasteiger partial charge < -0.3 is 10.5 Å². The third kappa shape index (κ3) is 4.04. The molecule has 0 saturated heterocycles. The Bertz CT molecular complexity index is 360. The molecular formula is C15H23NO. The van der Waals surface area contributed by atoms with Gasteiger partial charge in [-0.3, -0.25) is 0 Å². The Morgan fingerprint density at radius 1 is 1.24 bits per heavy atom. The number of hydrogen-bond acceptors (Lipinski definition) is 2. The van der Waals surface area contributed by atoms with Crippen LogP contribution in [0.4, 0.5) is 0 Å². The number of hydrogen-bond donors (Lipinski definition) is 1. The minimum Gasteiger partial charge on any atom is -0.488 e. The molecule has 0 bridgehead atoms. The zero-order chi connectivity index (χ0) is 12.5. The molecular weight excluding hydrogens is 210 g/mol. The molecule has 1 aliphatic rings. The maximum Gasteiger partial charge on any atom is 0.120 e. The van der Waals surface area contributed by atoms with E-state index in [1.165, 1.54) is 18.4 Å². The van der Waals surface area contributed by atoms with E-state index >= 15 is 0 Å². The third-order valence-electron chi connectivity index (χ3n) is 3.02. The van der Waals surface area contributed by atoms with Crippen molar-refractivity contribution in [1.29, 1.82) is 0 Å². The van der Waals surface area contributed by atoms with Crippen LogP contribution >= 0.6 is 0 Å². The summed E-state index contributed by atoms with van der Waals surface area (Å²) >= 11 is 0. The van der Waals surface area contributed by atoms with Crippen LogP contribution in [0, 0.1) is 5.92 Å². The van der Waals surface area contributed by atoms with Gasteiger partial charge in [-0.15, -0.1) is 0 Å².